The van der Waals surface area contributed by atoms with Crippen LogP contribution >= 0.6 is 27.5 Å². The summed E-state index contributed by atoms with van der Waals surface area (Å²) in [6, 6.07) is 5.20. The van der Waals surface area contributed by atoms with Gasteiger partial charge in [0.05, 0.1) is 4.90 Å². The fraction of sp³-hybridized carbons (Fsp3) is 0.571. The SMILES string of the molecule is CN1CCC(CN(C)S(=O)(=O)c2cc(CCl)ccc2Br)C1. The summed E-state index contributed by atoms with van der Waals surface area (Å²) in [7, 11) is 0.213. The van der Waals surface area contributed by atoms with E-state index in [4.69, 9.17) is 11.6 Å². The maximum absolute atomic E-state index is 12.7. The van der Waals surface area contributed by atoms with Gasteiger partial charge in [-0.05, 0) is 59.6 Å². The molecule has 4 nitrogen and oxygen atoms in total. The van der Waals surface area contributed by atoms with Gasteiger partial charge in [0.1, 0.15) is 0 Å². The third-order valence-corrected chi connectivity index (χ3v) is 6.97. The van der Waals surface area contributed by atoms with Crippen molar-refractivity contribution in [2.75, 3.05) is 33.7 Å². The van der Waals surface area contributed by atoms with Crippen LogP contribution < -0.4 is 0 Å². The summed E-state index contributed by atoms with van der Waals surface area (Å²) in [5.74, 6) is 0.692. The molecule has 7 heteroatoms. The fourth-order valence-electron chi connectivity index (χ4n) is 2.63. The van der Waals surface area contributed by atoms with Gasteiger partial charge in [-0.15, -0.1) is 11.6 Å². The molecule has 0 aromatic heterocycles. The first-order valence-electron chi connectivity index (χ1n) is 6.84. The number of alkyl halides is 1. The van der Waals surface area contributed by atoms with Gasteiger partial charge in [-0.3, -0.25) is 0 Å². The number of sulfonamides is 1. The molecule has 0 aliphatic carbocycles. The second-order valence-electron chi connectivity index (χ2n) is 5.60. The number of hydrogen-bond donors (Lipinski definition) is 0. The Labute approximate surface area is 140 Å². The smallest absolute Gasteiger partial charge is 0.243 e. The van der Waals surface area contributed by atoms with Gasteiger partial charge in [0.2, 0.25) is 10.0 Å². The summed E-state index contributed by atoms with van der Waals surface area (Å²) < 4.78 is 27.5. The molecule has 0 amide bonds. The van der Waals surface area contributed by atoms with E-state index in [1.807, 2.05) is 6.07 Å². The summed E-state index contributed by atoms with van der Waals surface area (Å²) in [6.45, 7) is 2.52. The van der Waals surface area contributed by atoms with E-state index in [9.17, 15) is 8.42 Å². The normalized spacial score (nSPS) is 20.3. The topological polar surface area (TPSA) is 40.6 Å². The highest BCUT2D eigenvalue weighted by Crippen LogP contribution is 2.27. The molecule has 0 saturated carbocycles. The number of benzene rings is 1. The van der Waals surface area contributed by atoms with Crippen LogP contribution in [0, 0.1) is 5.92 Å². The number of nitrogens with zero attached hydrogens (tertiary/aromatic N) is 2. The predicted octanol–water partition coefficient (Wildman–Crippen LogP) is 2.76. The molecule has 1 aromatic rings. The summed E-state index contributed by atoms with van der Waals surface area (Å²) in [5.41, 5.74) is 0.799. The van der Waals surface area contributed by atoms with Crippen molar-refractivity contribution in [3.63, 3.8) is 0 Å². The molecule has 0 radical (unpaired) electrons. The minimum Gasteiger partial charge on any atom is -0.306 e. The molecule has 118 valence electrons. The van der Waals surface area contributed by atoms with Gasteiger partial charge in [0.15, 0.2) is 0 Å². The lowest BCUT2D eigenvalue weighted by molar-refractivity contribution is 0.356. The van der Waals surface area contributed by atoms with Crippen LogP contribution in [0.5, 0.6) is 0 Å². The first kappa shape index (κ1) is 17.2. The van der Waals surface area contributed by atoms with Gasteiger partial charge in [0.25, 0.3) is 0 Å². The van der Waals surface area contributed by atoms with E-state index < -0.39 is 10.0 Å². The molecule has 1 aliphatic rings. The average molecular weight is 396 g/mol. The second kappa shape index (κ2) is 6.96. The first-order valence-corrected chi connectivity index (χ1v) is 9.60. The van der Waals surface area contributed by atoms with E-state index in [0.29, 0.717) is 22.8 Å². The quantitative estimate of drug-likeness (QED) is 0.720. The highest BCUT2D eigenvalue weighted by Gasteiger charge is 2.28. The van der Waals surface area contributed by atoms with Crippen molar-refractivity contribution in [3.8, 4) is 0 Å². The maximum atomic E-state index is 12.7. The summed E-state index contributed by atoms with van der Waals surface area (Å²) in [6.07, 6.45) is 1.04. The van der Waals surface area contributed by atoms with Gasteiger partial charge in [0, 0.05) is 30.5 Å². The van der Waals surface area contributed by atoms with Gasteiger partial charge in [-0.25, -0.2) is 12.7 Å². The van der Waals surface area contributed by atoms with Crippen LogP contribution in [0.2, 0.25) is 0 Å². The highest BCUT2D eigenvalue weighted by atomic mass is 79.9. The van der Waals surface area contributed by atoms with Crippen LogP contribution in [-0.2, 0) is 15.9 Å². The summed E-state index contributed by atoms with van der Waals surface area (Å²) >= 11 is 9.13. The van der Waals surface area contributed by atoms with Crippen molar-refractivity contribution in [1.82, 2.24) is 9.21 Å². The predicted molar refractivity (Wildman–Crippen MR) is 89.1 cm³/mol. The monoisotopic (exact) mass is 394 g/mol. The lowest BCUT2D eigenvalue weighted by atomic mass is 10.1. The highest BCUT2D eigenvalue weighted by molar-refractivity contribution is 9.10. The van der Waals surface area contributed by atoms with Crippen LogP contribution in [0.25, 0.3) is 0 Å². The molecular formula is C14H20BrClN2O2S. The maximum Gasteiger partial charge on any atom is 0.243 e. The Morgan fingerprint density at radius 3 is 2.76 bits per heavy atom. The van der Waals surface area contributed by atoms with Gasteiger partial charge < -0.3 is 4.90 Å². The second-order valence-corrected chi connectivity index (χ2v) is 8.74. The molecule has 1 unspecified atom stereocenters. The summed E-state index contributed by atoms with van der Waals surface area (Å²) in [4.78, 5) is 2.52. The number of halogens is 2. The molecular weight excluding hydrogens is 376 g/mol. The van der Waals surface area contributed by atoms with Crippen LogP contribution in [0.4, 0.5) is 0 Å². The average Bonchev–Trinajstić information content (AvgIpc) is 2.84. The Hall–Kier alpha value is -0.140. The lowest BCUT2D eigenvalue weighted by Crippen LogP contribution is -2.33. The number of likely N-dealkylation sites (tertiary alicyclic amines) is 1. The molecule has 2 rings (SSSR count). The Morgan fingerprint density at radius 2 is 2.19 bits per heavy atom. The third-order valence-electron chi connectivity index (χ3n) is 3.84. The van der Waals surface area contributed by atoms with Crippen LogP contribution in [0.1, 0.15) is 12.0 Å². The Morgan fingerprint density at radius 1 is 1.48 bits per heavy atom. The first-order chi connectivity index (χ1) is 9.84. The van der Waals surface area contributed by atoms with E-state index in [-0.39, 0.29) is 4.90 Å². The van der Waals surface area contributed by atoms with Crippen molar-refractivity contribution < 1.29 is 8.42 Å². The number of rotatable bonds is 5. The third kappa shape index (κ3) is 3.99. The molecule has 1 aromatic carbocycles. The fourth-order valence-corrected chi connectivity index (χ4v) is 5.02. The molecule has 0 spiro atoms. The van der Waals surface area contributed by atoms with E-state index >= 15 is 0 Å². The van der Waals surface area contributed by atoms with Crippen molar-refractivity contribution in [2.24, 2.45) is 5.92 Å². The molecule has 0 N–H and O–H groups in total. The van der Waals surface area contributed by atoms with Gasteiger partial charge in [-0.2, -0.15) is 0 Å². The Kier molecular flexibility index (Phi) is 5.71. The molecule has 1 aliphatic heterocycles. The van der Waals surface area contributed by atoms with E-state index in [1.54, 1.807) is 19.2 Å². The largest absolute Gasteiger partial charge is 0.306 e. The lowest BCUT2D eigenvalue weighted by Gasteiger charge is -2.21. The number of hydrogen-bond acceptors (Lipinski definition) is 3. The molecule has 1 heterocycles. The van der Waals surface area contributed by atoms with E-state index in [1.165, 1.54) is 4.31 Å². The molecule has 1 fully saturated rings. The van der Waals surface area contributed by atoms with Crippen LogP contribution in [0.15, 0.2) is 27.6 Å². The van der Waals surface area contributed by atoms with E-state index in [0.717, 1.165) is 25.1 Å². The minimum absolute atomic E-state index is 0.287. The Bertz CT molecular complexity index is 609. The zero-order valence-electron chi connectivity index (χ0n) is 12.2. The molecule has 0 bridgehead atoms. The summed E-state index contributed by atoms with van der Waals surface area (Å²) in [5, 5.41) is 0. The molecule has 1 atom stereocenters. The minimum atomic E-state index is -3.50. The molecule has 21 heavy (non-hydrogen) atoms. The standard InChI is InChI=1S/C14H20BrClN2O2S/c1-17-6-5-12(9-17)10-18(2)21(19,20)14-7-11(8-16)3-4-13(14)15/h3-4,7,12H,5-6,8-10H2,1-2H3. The van der Waals surface area contributed by atoms with Crippen molar-refractivity contribution >= 4 is 37.6 Å². The van der Waals surface area contributed by atoms with Crippen LogP contribution in [0.3, 0.4) is 0 Å². The van der Waals surface area contributed by atoms with Crippen molar-refractivity contribution in [3.05, 3.63) is 28.2 Å². The van der Waals surface area contributed by atoms with Gasteiger partial charge >= 0.3 is 0 Å². The van der Waals surface area contributed by atoms with E-state index in [2.05, 4.69) is 27.9 Å². The van der Waals surface area contributed by atoms with Crippen molar-refractivity contribution in [1.29, 1.82) is 0 Å². The van der Waals surface area contributed by atoms with Crippen molar-refractivity contribution in [2.45, 2.75) is 17.2 Å². The molecule has 1 saturated heterocycles. The zero-order valence-corrected chi connectivity index (χ0v) is 15.4. The zero-order chi connectivity index (χ0) is 15.6. The van der Waals surface area contributed by atoms with Crippen LogP contribution in [-0.4, -0.2) is 51.4 Å². The Balaban J connectivity index is 2.20. The van der Waals surface area contributed by atoms with Gasteiger partial charge in [-0.1, -0.05) is 6.07 Å².